The van der Waals surface area contributed by atoms with Gasteiger partial charge in [-0.25, -0.2) is 12.7 Å². The molecule has 140 valence electrons. The zero-order valence-corrected chi connectivity index (χ0v) is 15.4. The predicted molar refractivity (Wildman–Crippen MR) is 98.3 cm³/mol. The maximum Gasteiger partial charge on any atom is 0.290 e. The molecule has 0 aliphatic carbocycles. The van der Waals surface area contributed by atoms with Gasteiger partial charge in [-0.1, -0.05) is 24.3 Å². The molecule has 3 rings (SSSR count). The average Bonchev–Trinajstić information content (AvgIpc) is 3.10. The molecule has 3 N–H and O–H groups in total. The van der Waals surface area contributed by atoms with Gasteiger partial charge in [0.25, 0.3) is 11.8 Å². The summed E-state index contributed by atoms with van der Waals surface area (Å²) < 4.78 is 25.4. The van der Waals surface area contributed by atoms with E-state index in [4.69, 9.17) is 0 Å². The van der Waals surface area contributed by atoms with Gasteiger partial charge in [-0.15, -0.1) is 0 Å². The summed E-state index contributed by atoms with van der Waals surface area (Å²) in [5, 5.41) is 7.28. The Balaban J connectivity index is 1.74. The summed E-state index contributed by atoms with van der Waals surface area (Å²) in [6.45, 7) is 0. The number of amides is 2. The first-order chi connectivity index (χ1) is 12.8. The Morgan fingerprint density at radius 2 is 1.70 bits per heavy atom. The van der Waals surface area contributed by atoms with E-state index in [9.17, 15) is 18.0 Å². The van der Waals surface area contributed by atoms with Gasteiger partial charge in [0.1, 0.15) is 0 Å². The van der Waals surface area contributed by atoms with Crippen LogP contribution in [0.15, 0.2) is 53.4 Å². The molecule has 0 atom stereocenters. The third-order valence-corrected chi connectivity index (χ3v) is 5.66. The highest BCUT2D eigenvalue weighted by molar-refractivity contribution is 7.89. The number of carbonyl (C=O) groups is 2. The van der Waals surface area contributed by atoms with Crippen molar-refractivity contribution in [2.75, 3.05) is 14.1 Å². The van der Waals surface area contributed by atoms with E-state index < -0.39 is 21.8 Å². The third-order valence-electron chi connectivity index (χ3n) is 3.85. The van der Waals surface area contributed by atoms with Gasteiger partial charge in [0.15, 0.2) is 5.69 Å². The molecular formula is C17H17N5O4S. The number of H-pyrrole nitrogens is 1. The SMILES string of the molecule is CN(C)S(=O)(=O)c1cccc(C(=O)NNC(=O)c2n[nH]c3ccccc23)c1. The summed E-state index contributed by atoms with van der Waals surface area (Å²) in [4.78, 5) is 24.5. The van der Waals surface area contributed by atoms with Gasteiger partial charge >= 0.3 is 0 Å². The molecule has 1 aromatic heterocycles. The van der Waals surface area contributed by atoms with Crippen molar-refractivity contribution in [1.29, 1.82) is 0 Å². The van der Waals surface area contributed by atoms with E-state index in [1.54, 1.807) is 24.3 Å². The second-order valence-corrected chi connectivity index (χ2v) is 7.99. The van der Waals surface area contributed by atoms with Gasteiger partial charge in [-0.05, 0) is 24.3 Å². The van der Waals surface area contributed by atoms with Crippen LogP contribution in [0.3, 0.4) is 0 Å². The van der Waals surface area contributed by atoms with Crippen LogP contribution >= 0.6 is 0 Å². The number of nitrogens with one attached hydrogen (secondary N) is 3. The first-order valence-corrected chi connectivity index (χ1v) is 9.31. The molecular weight excluding hydrogens is 370 g/mol. The van der Waals surface area contributed by atoms with Gasteiger partial charge < -0.3 is 0 Å². The van der Waals surface area contributed by atoms with Crippen LogP contribution in [0.2, 0.25) is 0 Å². The van der Waals surface area contributed by atoms with Crippen molar-refractivity contribution >= 4 is 32.7 Å². The molecule has 10 heteroatoms. The maximum atomic E-state index is 12.3. The Morgan fingerprint density at radius 1 is 1.00 bits per heavy atom. The van der Waals surface area contributed by atoms with Crippen molar-refractivity contribution < 1.29 is 18.0 Å². The van der Waals surface area contributed by atoms with Gasteiger partial charge in [-0.3, -0.25) is 25.5 Å². The van der Waals surface area contributed by atoms with Crippen molar-refractivity contribution in [3.8, 4) is 0 Å². The van der Waals surface area contributed by atoms with Crippen LogP contribution in [-0.2, 0) is 10.0 Å². The molecule has 0 saturated carbocycles. The van der Waals surface area contributed by atoms with Crippen molar-refractivity contribution in [1.82, 2.24) is 25.4 Å². The van der Waals surface area contributed by atoms with Gasteiger partial charge in [-0.2, -0.15) is 5.10 Å². The number of benzene rings is 2. The molecule has 0 aliphatic heterocycles. The summed E-state index contributed by atoms with van der Waals surface area (Å²) in [5.74, 6) is -1.25. The first kappa shape index (κ1) is 18.5. The van der Waals surface area contributed by atoms with Gasteiger partial charge in [0.05, 0.1) is 10.4 Å². The topological polar surface area (TPSA) is 124 Å². The third kappa shape index (κ3) is 3.66. The molecule has 2 amide bonds. The monoisotopic (exact) mass is 387 g/mol. The van der Waals surface area contributed by atoms with E-state index in [0.717, 1.165) is 4.31 Å². The average molecular weight is 387 g/mol. The standard InChI is InChI=1S/C17H17N5O4S/c1-22(2)27(25,26)12-7-5-6-11(10-12)16(23)20-21-17(24)15-13-8-3-4-9-14(13)18-19-15/h3-10H,1-2H3,(H,18,19)(H,20,23)(H,21,24). The number of para-hydroxylation sites is 1. The van der Waals surface area contributed by atoms with Gasteiger partial charge in [0.2, 0.25) is 10.0 Å². The number of carbonyl (C=O) groups excluding carboxylic acids is 2. The Labute approximate surface area is 155 Å². The van der Waals surface area contributed by atoms with Crippen molar-refractivity contribution in [3.05, 3.63) is 59.8 Å². The summed E-state index contributed by atoms with van der Waals surface area (Å²) in [6.07, 6.45) is 0. The van der Waals surface area contributed by atoms with E-state index in [-0.39, 0.29) is 16.2 Å². The van der Waals surface area contributed by atoms with Crippen molar-refractivity contribution in [3.63, 3.8) is 0 Å². The Kier molecular flexibility index (Phi) is 4.93. The normalized spacial score (nSPS) is 11.5. The maximum absolute atomic E-state index is 12.3. The molecule has 0 radical (unpaired) electrons. The Hall–Kier alpha value is -3.24. The van der Waals surface area contributed by atoms with Crippen molar-refractivity contribution in [2.24, 2.45) is 0 Å². The first-order valence-electron chi connectivity index (χ1n) is 7.87. The zero-order valence-electron chi connectivity index (χ0n) is 14.6. The van der Waals surface area contributed by atoms with E-state index in [1.165, 1.54) is 38.4 Å². The predicted octanol–water partition coefficient (Wildman–Crippen LogP) is 0.888. The minimum atomic E-state index is -3.67. The lowest BCUT2D eigenvalue weighted by Gasteiger charge is -2.12. The number of hydrogen-bond donors (Lipinski definition) is 3. The Bertz CT molecular complexity index is 1120. The number of fused-ring (bicyclic) bond motifs is 1. The zero-order chi connectivity index (χ0) is 19.6. The van der Waals surface area contributed by atoms with E-state index in [2.05, 4.69) is 21.0 Å². The lowest BCUT2D eigenvalue weighted by atomic mass is 10.2. The lowest BCUT2D eigenvalue weighted by Crippen LogP contribution is -2.41. The highest BCUT2D eigenvalue weighted by atomic mass is 32.2. The van der Waals surface area contributed by atoms with E-state index in [1.807, 2.05) is 0 Å². The van der Waals surface area contributed by atoms with Crippen LogP contribution in [0, 0.1) is 0 Å². The molecule has 3 aromatic rings. The van der Waals surface area contributed by atoms with Crippen LogP contribution in [-0.4, -0.2) is 48.8 Å². The highest BCUT2D eigenvalue weighted by Crippen LogP contribution is 2.16. The fraction of sp³-hybridized carbons (Fsp3) is 0.118. The number of hydrazine groups is 1. The summed E-state index contributed by atoms with van der Waals surface area (Å²) >= 11 is 0. The number of rotatable bonds is 4. The molecule has 0 aliphatic rings. The fourth-order valence-electron chi connectivity index (χ4n) is 2.39. The quantitative estimate of drug-likeness (QED) is 0.574. The van der Waals surface area contributed by atoms with Crippen molar-refractivity contribution in [2.45, 2.75) is 4.90 Å². The van der Waals surface area contributed by atoms with Gasteiger partial charge in [0, 0.05) is 25.0 Å². The molecule has 0 fully saturated rings. The van der Waals surface area contributed by atoms with Crippen LogP contribution in [0.5, 0.6) is 0 Å². The second-order valence-electron chi connectivity index (χ2n) is 5.84. The molecule has 27 heavy (non-hydrogen) atoms. The summed E-state index contributed by atoms with van der Waals surface area (Å²) in [5.41, 5.74) is 5.45. The van der Waals surface area contributed by atoms with E-state index >= 15 is 0 Å². The number of aromatic amines is 1. The molecule has 0 bridgehead atoms. The van der Waals surface area contributed by atoms with Crippen LogP contribution < -0.4 is 10.9 Å². The summed E-state index contributed by atoms with van der Waals surface area (Å²) in [6, 6.07) is 12.6. The largest absolute Gasteiger partial charge is 0.290 e. The number of hydrogen-bond acceptors (Lipinski definition) is 5. The minimum absolute atomic E-state index is 0.0234. The second kappa shape index (κ2) is 7.17. The van der Waals surface area contributed by atoms with Crippen LogP contribution in [0.25, 0.3) is 10.9 Å². The lowest BCUT2D eigenvalue weighted by molar-refractivity contribution is 0.0844. The Morgan fingerprint density at radius 3 is 2.44 bits per heavy atom. The van der Waals surface area contributed by atoms with Crippen LogP contribution in [0.4, 0.5) is 0 Å². The number of aromatic nitrogens is 2. The van der Waals surface area contributed by atoms with E-state index in [0.29, 0.717) is 10.9 Å². The highest BCUT2D eigenvalue weighted by Gasteiger charge is 2.19. The fourth-order valence-corrected chi connectivity index (χ4v) is 3.34. The smallest absolute Gasteiger partial charge is 0.277 e. The molecule has 1 heterocycles. The molecule has 0 unspecified atom stereocenters. The molecule has 0 spiro atoms. The number of sulfonamides is 1. The van der Waals surface area contributed by atoms with Crippen LogP contribution in [0.1, 0.15) is 20.8 Å². The summed E-state index contributed by atoms with van der Waals surface area (Å²) in [7, 11) is -0.874. The molecule has 9 nitrogen and oxygen atoms in total. The molecule has 2 aromatic carbocycles. The minimum Gasteiger partial charge on any atom is -0.277 e. The molecule has 0 saturated heterocycles. The number of nitrogens with zero attached hydrogens (tertiary/aromatic N) is 2.